The van der Waals surface area contributed by atoms with Gasteiger partial charge in [0.15, 0.2) is 5.69 Å². The molecule has 0 saturated heterocycles. The molecule has 86 valence electrons. The van der Waals surface area contributed by atoms with Crippen molar-refractivity contribution in [3.05, 3.63) is 48.3 Å². The average molecular weight is 233 g/mol. The van der Waals surface area contributed by atoms with Gasteiger partial charge in [-0.05, 0) is 24.3 Å². The molecule has 0 aliphatic heterocycles. The van der Waals surface area contributed by atoms with Gasteiger partial charge in [-0.15, -0.1) is 0 Å². The summed E-state index contributed by atoms with van der Waals surface area (Å²) in [5.41, 5.74) is 0.221. The summed E-state index contributed by atoms with van der Waals surface area (Å²) in [5, 5.41) is 11.8. The van der Waals surface area contributed by atoms with Crippen molar-refractivity contribution in [1.29, 1.82) is 0 Å². The third-order valence-corrected chi connectivity index (χ3v) is 1.99. The second kappa shape index (κ2) is 4.56. The van der Waals surface area contributed by atoms with Gasteiger partial charge in [0, 0.05) is 6.20 Å². The fourth-order valence-electron chi connectivity index (χ4n) is 1.21. The predicted octanol–water partition coefficient (Wildman–Crippen LogP) is 1.57. The molecular formula is C11H8FN3O2. The molecule has 0 aromatic carbocycles. The molecule has 0 saturated carbocycles. The van der Waals surface area contributed by atoms with Crippen molar-refractivity contribution < 1.29 is 14.3 Å². The molecule has 0 fully saturated rings. The Balaban J connectivity index is 2.17. The number of halogens is 1. The second-order valence-corrected chi connectivity index (χ2v) is 3.19. The first-order valence-corrected chi connectivity index (χ1v) is 4.74. The Bertz CT molecular complexity index is 543. The van der Waals surface area contributed by atoms with Gasteiger partial charge in [0.1, 0.15) is 5.75 Å². The van der Waals surface area contributed by atoms with Gasteiger partial charge in [-0.2, -0.15) is 4.39 Å². The number of rotatable bonds is 2. The van der Waals surface area contributed by atoms with Gasteiger partial charge >= 0.3 is 0 Å². The lowest BCUT2D eigenvalue weighted by Gasteiger charge is -2.04. The number of aromatic nitrogens is 2. The molecule has 5 nitrogen and oxygen atoms in total. The summed E-state index contributed by atoms with van der Waals surface area (Å²) in [6.45, 7) is 0. The van der Waals surface area contributed by atoms with Crippen LogP contribution in [-0.4, -0.2) is 21.0 Å². The highest BCUT2D eigenvalue weighted by molar-refractivity contribution is 6.04. The summed E-state index contributed by atoms with van der Waals surface area (Å²) in [6.07, 6.45) is 2.56. The highest BCUT2D eigenvalue weighted by Gasteiger charge is 2.12. The van der Waals surface area contributed by atoms with Crippen LogP contribution in [0.3, 0.4) is 0 Å². The van der Waals surface area contributed by atoms with E-state index in [2.05, 4.69) is 15.3 Å². The van der Waals surface area contributed by atoms with Crippen LogP contribution < -0.4 is 5.32 Å². The monoisotopic (exact) mass is 233 g/mol. The first-order valence-electron chi connectivity index (χ1n) is 4.74. The Hall–Kier alpha value is -2.50. The van der Waals surface area contributed by atoms with E-state index < -0.39 is 11.9 Å². The number of carbonyl (C=O) groups excluding carboxylic acids is 1. The molecule has 0 bridgehead atoms. The van der Waals surface area contributed by atoms with Gasteiger partial charge in [0.05, 0.1) is 11.9 Å². The first-order chi connectivity index (χ1) is 8.16. The second-order valence-electron chi connectivity index (χ2n) is 3.19. The third-order valence-electron chi connectivity index (χ3n) is 1.99. The molecule has 0 aliphatic rings. The van der Waals surface area contributed by atoms with Gasteiger partial charge in [-0.1, -0.05) is 0 Å². The average Bonchev–Trinajstić information content (AvgIpc) is 2.32. The van der Waals surface area contributed by atoms with Crippen LogP contribution in [0, 0.1) is 5.95 Å². The van der Waals surface area contributed by atoms with E-state index in [0.29, 0.717) is 5.69 Å². The van der Waals surface area contributed by atoms with Crippen molar-refractivity contribution >= 4 is 11.6 Å². The Morgan fingerprint density at radius 2 is 2.12 bits per heavy atom. The number of pyridine rings is 2. The van der Waals surface area contributed by atoms with E-state index >= 15 is 0 Å². The normalized spacial score (nSPS) is 9.94. The van der Waals surface area contributed by atoms with Crippen LogP contribution in [0.1, 0.15) is 10.5 Å². The Morgan fingerprint density at radius 3 is 2.76 bits per heavy atom. The quantitative estimate of drug-likeness (QED) is 0.772. The van der Waals surface area contributed by atoms with E-state index in [-0.39, 0.29) is 11.4 Å². The minimum absolute atomic E-state index is 0.100. The largest absolute Gasteiger partial charge is 0.505 e. The van der Waals surface area contributed by atoms with E-state index in [1.54, 1.807) is 0 Å². The molecule has 0 radical (unpaired) electrons. The number of amides is 1. The standard InChI is InChI=1S/C11H8FN3O2/c12-9-4-3-7(6-14-9)15-11(17)10-8(16)2-1-5-13-10/h1-6,16H,(H,15,17). The summed E-state index contributed by atoms with van der Waals surface area (Å²) in [5.74, 6) is -1.44. The lowest BCUT2D eigenvalue weighted by atomic mass is 10.3. The molecule has 0 unspecified atom stereocenters. The zero-order valence-corrected chi connectivity index (χ0v) is 8.59. The fourth-order valence-corrected chi connectivity index (χ4v) is 1.21. The van der Waals surface area contributed by atoms with Crippen LogP contribution in [0.25, 0.3) is 0 Å². The van der Waals surface area contributed by atoms with E-state index in [1.807, 2.05) is 0 Å². The zero-order chi connectivity index (χ0) is 12.3. The van der Waals surface area contributed by atoms with Crippen LogP contribution in [0.4, 0.5) is 10.1 Å². The van der Waals surface area contributed by atoms with Crippen molar-refractivity contribution in [2.75, 3.05) is 5.32 Å². The Morgan fingerprint density at radius 1 is 1.29 bits per heavy atom. The molecule has 6 heteroatoms. The molecule has 0 aliphatic carbocycles. The lowest BCUT2D eigenvalue weighted by molar-refractivity contribution is 0.101. The SMILES string of the molecule is O=C(Nc1ccc(F)nc1)c1ncccc1O. The number of nitrogens with zero attached hydrogens (tertiary/aromatic N) is 2. The van der Waals surface area contributed by atoms with Crippen LogP contribution >= 0.6 is 0 Å². The molecule has 17 heavy (non-hydrogen) atoms. The molecule has 0 spiro atoms. The highest BCUT2D eigenvalue weighted by atomic mass is 19.1. The van der Waals surface area contributed by atoms with Gasteiger partial charge < -0.3 is 10.4 Å². The molecule has 2 rings (SSSR count). The van der Waals surface area contributed by atoms with Gasteiger partial charge in [0.2, 0.25) is 5.95 Å². The molecule has 2 heterocycles. The molecule has 0 atom stereocenters. The topological polar surface area (TPSA) is 75.1 Å². The van der Waals surface area contributed by atoms with E-state index in [9.17, 15) is 14.3 Å². The van der Waals surface area contributed by atoms with Gasteiger partial charge in [-0.25, -0.2) is 9.97 Å². The third kappa shape index (κ3) is 2.54. The minimum atomic E-state index is -0.635. The number of anilines is 1. The maximum atomic E-state index is 12.5. The minimum Gasteiger partial charge on any atom is -0.505 e. The van der Waals surface area contributed by atoms with Crippen LogP contribution in [0.5, 0.6) is 5.75 Å². The van der Waals surface area contributed by atoms with Crippen molar-refractivity contribution in [2.24, 2.45) is 0 Å². The van der Waals surface area contributed by atoms with E-state index in [4.69, 9.17) is 0 Å². The number of carbonyl (C=O) groups is 1. The molecule has 2 aromatic heterocycles. The summed E-state index contributed by atoms with van der Waals surface area (Å²) in [4.78, 5) is 18.8. The summed E-state index contributed by atoms with van der Waals surface area (Å²) < 4.78 is 12.5. The summed E-state index contributed by atoms with van der Waals surface area (Å²) in [6, 6.07) is 5.34. The predicted molar refractivity (Wildman–Crippen MR) is 58.1 cm³/mol. The van der Waals surface area contributed by atoms with E-state index in [0.717, 1.165) is 6.07 Å². The number of hydrogen-bond acceptors (Lipinski definition) is 4. The summed E-state index contributed by atoms with van der Waals surface area (Å²) >= 11 is 0. The lowest BCUT2D eigenvalue weighted by Crippen LogP contribution is -2.13. The fraction of sp³-hybridized carbons (Fsp3) is 0. The van der Waals surface area contributed by atoms with Crippen molar-refractivity contribution in [3.8, 4) is 5.75 Å². The van der Waals surface area contributed by atoms with Crippen molar-refractivity contribution in [3.63, 3.8) is 0 Å². The zero-order valence-electron chi connectivity index (χ0n) is 8.59. The van der Waals surface area contributed by atoms with Gasteiger partial charge in [0.25, 0.3) is 5.91 Å². The molecule has 2 aromatic rings. The first kappa shape index (κ1) is 11.0. The van der Waals surface area contributed by atoms with Gasteiger partial charge in [-0.3, -0.25) is 4.79 Å². The van der Waals surface area contributed by atoms with E-state index in [1.165, 1.54) is 30.6 Å². The number of hydrogen-bond donors (Lipinski definition) is 2. The highest BCUT2D eigenvalue weighted by Crippen LogP contribution is 2.14. The number of aromatic hydroxyl groups is 1. The summed E-state index contributed by atoms with van der Waals surface area (Å²) in [7, 11) is 0. The maximum absolute atomic E-state index is 12.5. The number of nitrogens with one attached hydrogen (secondary N) is 1. The molecule has 2 N–H and O–H groups in total. The van der Waals surface area contributed by atoms with Crippen molar-refractivity contribution in [2.45, 2.75) is 0 Å². The molecular weight excluding hydrogens is 225 g/mol. The molecule has 1 amide bonds. The maximum Gasteiger partial charge on any atom is 0.278 e. The van der Waals surface area contributed by atoms with Crippen LogP contribution in [0.15, 0.2) is 36.7 Å². The Kier molecular flexibility index (Phi) is 2.95. The Labute approximate surface area is 96.0 Å². The van der Waals surface area contributed by atoms with Crippen molar-refractivity contribution in [1.82, 2.24) is 9.97 Å². The van der Waals surface area contributed by atoms with Crippen LogP contribution in [0.2, 0.25) is 0 Å². The smallest absolute Gasteiger partial charge is 0.278 e. The van der Waals surface area contributed by atoms with Crippen LogP contribution in [-0.2, 0) is 0 Å².